The number of benzene rings is 1. The molecule has 0 saturated carbocycles. The van der Waals surface area contributed by atoms with Gasteiger partial charge in [-0.2, -0.15) is 4.98 Å². The highest BCUT2D eigenvalue weighted by Crippen LogP contribution is 2.34. The normalized spacial score (nSPS) is 15.8. The van der Waals surface area contributed by atoms with Crippen LogP contribution in [0.1, 0.15) is 45.5 Å². The molecule has 0 aliphatic heterocycles. The third kappa shape index (κ3) is 3.03. The van der Waals surface area contributed by atoms with Crippen molar-refractivity contribution in [3.8, 4) is 11.5 Å². The summed E-state index contributed by atoms with van der Waals surface area (Å²) in [5.41, 5.74) is 4.75. The van der Waals surface area contributed by atoms with Crippen LogP contribution in [0.3, 0.4) is 0 Å². The molecule has 25 heavy (non-hydrogen) atoms. The molecule has 3 aromatic rings. The summed E-state index contributed by atoms with van der Waals surface area (Å²) in [6.07, 6.45) is 3.46. The lowest BCUT2D eigenvalue weighted by Crippen LogP contribution is -2.27. The van der Waals surface area contributed by atoms with Crippen LogP contribution >= 0.6 is 0 Å². The van der Waals surface area contributed by atoms with Crippen molar-refractivity contribution in [2.45, 2.75) is 32.7 Å². The van der Waals surface area contributed by atoms with Crippen molar-refractivity contribution >= 4 is 5.91 Å². The maximum atomic E-state index is 12.5. The number of hydrogen-bond donors (Lipinski definition) is 1. The molecule has 4 rings (SSSR count). The Morgan fingerprint density at radius 3 is 2.88 bits per heavy atom. The third-order valence-electron chi connectivity index (χ3n) is 4.46. The Hall–Kier alpha value is -3.02. The third-order valence-corrected chi connectivity index (χ3v) is 4.46. The fourth-order valence-corrected chi connectivity index (χ4v) is 3.24. The topological polar surface area (TPSA) is 80.9 Å². The Kier molecular flexibility index (Phi) is 3.80. The van der Waals surface area contributed by atoms with Gasteiger partial charge in [-0.15, -0.1) is 0 Å². The zero-order valence-corrected chi connectivity index (χ0v) is 14.1. The molecule has 2 heterocycles. The Morgan fingerprint density at radius 2 is 2.12 bits per heavy atom. The van der Waals surface area contributed by atoms with E-state index >= 15 is 0 Å². The minimum atomic E-state index is -0.0695. The number of nitrogens with zero attached hydrogens (tertiary/aromatic N) is 3. The quantitative estimate of drug-likeness (QED) is 0.796. The second kappa shape index (κ2) is 6.12. The van der Waals surface area contributed by atoms with E-state index in [0.29, 0.717) is 17.3 Å². The van der Waals surface area contributed by atoms with Crippen LogP contribution in [0.5, 0.6) is 0 Å². The van der Waals surface area contributed by atoms with E-state index in [9.17, 15) is 4.79 Å². The summed E-state index contributed by atoms with van der Waals surface area (Å²) < 4.78 is 5.23. The van der Waals surface area contributed by atoms with Crippen LogP contribution in [0.2, 0.25) is 0 Å². The van der Waals surface area contributed by atoms with E-state index < -0.39 is 0 Å². The standard InChI is InChI=1S/C19H18N4O2/c1-11-9-14(7-8-20-11)18(24)22-17-6-4-13-10-15(3-5-16(13)17)19-21-12(2)23-25-19/h3,5,7-10,17H,4,6H2,1-2H3,(H,22,24). The molecule has 1 amide bonds. The zero-order chi connectivity index (χ0) is 17.4. The van der Waals surface area contributed by atoms with E-state index in [1.807, 2.05) is 19.1 Å². The Bertz CT molecular complexity index is 948. The van der Waals surface area contributed by atoms with Crippen LogP contribution < -0.4 is 5.32 Å². The first kappa shape index (κ1) is 15.5. The zero-order valence-electron chi connectivity index (χ0n) is 14.1. The second-order valence-corrected chi connectivity index (χ2v) is 6.31. The number of nitrogens with one attached hydrogen (secondary N) is 1. The SMILES string of the molecule is Cc1cc(C(=O)NC2CCc3cc(-c4nc(C)no4)ccc32)ccn1. The molecule has 0 radical (unpaired) electrons. The molecule has 1 N–H and O–H groups in total. The Morgan fingerprint density at radius 1 is 1.24 bits per heavy atom. The van der Waals surface area contributed by atoms with Crippen molar-refractivity contribution in [3.63, 3.8) is 0 Å². The summed E-state index contributed by atoms with van der Waals surface area (Å²) in [5.74, 6) is 1.08. The highest BCUT2D eigenvalue weighted by molar-refractivity contribution is 5.94. The second-order valence-electron chi connectivity index (χ2n) is 6.31. The van der Waals surface area contributed by atoms with Gasteiger partial charge < -0.3 is 9.84 Å². The number of carbonyl (C=O) groups is 1. The first-order chi connectivity index (χ1) is 12.1. The number of aryl methyl sites for hydroxylation is 3. The maximum Gasteiger partial charge on any atom is 0.257 e. The van der Waals surface area contributed by atoms with Crippen molar-refractivity contribution < 1.29 is 9.32 Å². The molecule has 2 aromatic heterocycles. The number of pyridine rings is 1. The molecular weight excluding hydrogens is 316 g/mol. The number of rotatable bonds is 3. The highest BCUT2D eigenvalue weighted by Gasteiger charge is 2.25. The molecule has 1 aliphatic carbocycles. The van der Waals surface area contributed by atoms with Crippen LogP contribution in [-0.2, 0) is 6.42 Å². The molecule has 1 aromatic carbocycles. The molecule has 0 fully saturated rings. The summed E-state index contributed by atoms with van der Waals surface area (Å²) in [6.45, 7) is 3.68. The molecule has 1 aliphatic rings. The van der Waals surface area contributed by atoms with Gasteiger partial charge in [-0.3, -0.25) is 9.78 Å². The Labute approximate surface area is 145 Å². The van der Waals surface area contributed by atoms with Crippen molar-refractivity contribution in [1.29, 1.82) is 0 Å². The van der Waals surface area contributed by atoms with Gasteiger partial charge in [0, 0.05) is 23.0 Å². The minimum Gasteiger partial charge on any atom is -0.345 e. The molecule has 6 nitrogen and oxygen atoms in total. The van der Waals surface area contributed by atoms with Gasteiger partial charge in [0.25, 0.3) is 11.8 Å². The predicted molar refractivity (Wildman–Crippen MR) is 92.0 cm³/mol. The number of amides is 1. The van der Waals surface area contributed by atoms with Crippen molar-refractivity contribution in [3.05, 3.63) is 64.7 Å². The van der Waals surface area contributed by atoms with Gasteiger partial charge in [0.15, 0.2) is 5.82 Å². The summed E-state index contributed by atoms with van der Waals surface area (Å²) in [7, 11) is 0. The van der Waals surface area contributed by atoms with E-state index in [1.165, 1.54) is 5.56 Å². The summed E-state index contributed by atoms with van der Waals surface area (Å²) in [5, 5.41) is 6.96. The Balaban J connectivity index is 1.55. The summed E-state index contributed by atoms with van der Waals surface area (Å²) >= 11 is 0. The highest BCUT2D eigenvalue weighted by atomic mass is 16.5. The minimum absolute atomic E-state index is 0.0226. The van der Waals surface area contributed by atoms with Gasteiger partial charge in [0.05, 0.1) is 6.04 Å². The molecule has 0 spiro atoms. The molecule has 0 saturated heterocycles. The van der Waals surface area contributed by atoms with Crippen LogP contribution in [0.15, 0.2) is 41.1 Å². The fourth-order valence-electron chi connectivity index (χ4n) is 3.24. The van der Waals surface area contributed by atoms with E-state index in [0.717, 1.165) is 29.7 Å². The van der Waals surface area contributed by atoms with E-state index in [4.69, 9.17) is 4.52 Å². The van der Waals surface area contributed by atoms with E-state index in [1.54, 1.807) is 25.3 Å². The van der Waals surface area contributed by atoms with Crippen LogP contribution in [0, 0.1) is 13.8 Å². The number of fused-ring (bicyclic) bond motifs is 1. The molecule has 6 heteroatoms. The van der Waals surface area contributed by atoms with Gasteiger partial charge in [0.2, 0.25) is 0 Å². The molecule has 1 atom stereocenters. The van der Waals surface area contributed by atoms with Gasteiger partial charge in [-0.1, -0.05) is 11.2 Å². The number of aromatic nitrogens is 3. The largest absolute Gasteiger partial charge is 0.345 e. The summed E-state index contributed by atoms with van der Waals surface area (Å²) in [6, 6.07) is 9.64. The molecule has 0 bridgehead atoms. The first-order valence-electron chi connectivity index (χ1n) is 8.27. The fraction of sp³-hybridized carbons (Fsp3) is 0.263. The predicted octanol–water partition coefficient (Wildman–Crippen LogP) is 3.17. The van der Waals surface area contributed by atoms with Crippen LogP contribution in [-0.4, -0.2) is 21.0 Å². The number of carbonyl (C=O) groups excluding carboxylic acids is 1. The molecular formula is C19H18N4O2. The van der Waals surface area contributed by atoms with Gasteiger partial charge in [-0.25, -0.2) is 0 Å². The average molecular weight is 334 g/mol. The first-order valence-corrected chi connectivity index (χ1v) is 8.27. The lowest BCUT2D eigenvalue weighted by molar-refractivity contribution is 0.0936. The maximum absolute atomic E-state index is 12.5. The van der Waals surface area contributed by atoms with Crippen molar-refractivity contribution in [1.82, 2.24) is 20.4 Å². The monoisotopic (exact) mass is 334 g/mol. The van der Waals surface area contributed by atoms with E-state index in [2.05, 4.69) is 26.5 Å². The summed E-state index contributed by atoms with van der Waals surface area (Å²) in [4.78, 5) is 20.9. The van der Waals surface area contributed by atoms with Gasteiger partial charge >= 0.3 is 0 Å². The molecule has 1 unspecified atom stereocenters. The van der Waals surface area contributed by atoms with Crippen LogP contribution in [0.4, 0.5) is 0 Å². The molecule has 126 valence electrons. The van der Waals surface area contributed by atoms with Crippen molar-refractivity contribution in [2.24, 2.45) is 0 Å². The van der Waals surface area contributed by atoms with E-state index in [-0.39, 0.29) is 11.9 Å². The van der Waals surface area contributed by atoms with Gasteiger partial charge in [-0.05, 0) is 62.1 Å². The number of hydrogen-bond acceptors (Lipinski definition) is 5. The lowest BCUT2D eigenvalue weighted by Gasteiger charge is -2.14. The smallest absolute Gasteiger partial charge is 0.257 e. The van der Waals surface area contributed by atoms with Crippen molar-refractivity contribution in [2.75, 3.05) is 0 Å². The van der Waals surface area contributed by atoms with Crippen LogP contribution in [0.25, 0.3) is 11.5 Å². The average Bonchev–Trinajstić information content (AvgIpc) is 3.21. The van der Waals surface area contributed by atoms with Gasteiger partial charge in [0.1, 0.15) is 0 Å². The lowest BCUT2D eigenvalue weighted by atomic mass is 10.0.